The van der Waals surface area contributed by atoms with Crippen molar-refractivity contribution < 1.29 is 0 Å². The van der Waals surface area contributed by atoms with E-state index in [0.717, 1.165) is 12.8 Å². The van der Waals surface area contributed by atoms with Crippen molar-refractivity contribution in [3.8, 4) is 0 Å². The van der Waals surface area contributed by atoms with Crippen molar-refractivity contribution in [3.05, 3.63) is 34.7 Å². The van der Waals surface area contributed by atoms with Crippen LogP contribution in [0.1, 0.15) is 65.2 Å². The largest absolute Gasteiger partial charge is 0.257 e. The standard InChI is InChI=1S/C18H26N/c1-3-5-7-13-17-15-11-9-10-12-16(15)18(19-17)14-8-6-4-2/h9-12H,3-8,13-14H2,1-2H3. The normalized spacial score (nSPS) is 13.6. The molecule has 0 atom stereocenters. The number of rotatable bonds is 8. The summed E-state index contributed by atoms with van der Waals surface area (Å²) in [5, 5.41) is 7.72. The van der Waals surface area contributed by atoms with Gasteiger partial charge in [0.15, 0.2) is 0 Å². The van der Waals surface area contributed by atoms with Crippen LogP contribution in [0.5, 0.6) is 0 Å². The molecule has 2 rings (SSSR count). The lowest BCUT2D eigenvalue weighted by Crippen LogP contribution is -2.23. The zero-order chi connectivity index (χ0) is 13.5. The molecule has 0 fully saturated rings. The molecular formula is C18H26N. The third-order valence-corrected chi connectivity index (χ3v) is 3.85. The third-order valence-electron chi connectivity index (χ3n) is 3.85. The van der Waals surface area contributed by atoms with Crippen LogP contribution >= 0.6 is 0 Å². The fraction of sp³-hybridized carbons (Fsp3) is 0.556. The molecule has 1 radical (unpaired) electrons. The lowest BCUT2D eigenvalue weighted by molar-refractivity contribution is 0.713. The van der Waals surface area contributed by atoms with Crippen molar-refractivity contribution >= 4 is 11.4 Å². The van der Waals surface area contributed by atoms with Crippen LogP contribution in [0.4, 0.5) is 0 Å². The van der Waals surface area contributed by atoms with E-state index in [4.69, 9.17) is 5.32 Å². The van der Waals surface area contributed by atoms with Gasteiger partial charge < -0.3 is 0 Å². The minimum atomic E-state index is 1.14. The summed E-state index contributed by atoms with van der Waals surface area (Å²) in [6.45, 7) is 4.51. The summed E-state index contributed by atoms with van der Waals surface area (Å²) in [5.74, 6) is 0. The van der Waals surface area contributed by atoms with Crippen LogP contribution in [-0.2, 0) is 0 Å². The predicted molar refractivity (Wildman–Crippen MR) is 82.9 cm³/mol. The van der Waals surface area contributed by atoms with E-state index in [-0.39, 0.29) is 0 Å². The Labute approximate surface area is 117 Å². The zero-order valence-corrected chi connectivity index (χ0v) is 12.4. The summed E-state index contributed by atoms with van der Waals surface area (Å²) >= 11 is 0. The van der Waals surface area contributed by atoms with Crippen LogP contribution in [0.25, 0.3) is 11.4 Å². The van der Waals surface area contributed by atoms with Crippen LogP contribution in [0, 0.1) is 0 Å². The van der Waals surface area contributed by atoms with E-state index in [2.05, 4.69) is 38.1 Å². The summed E-state index contributed by atoms with van der Waals surface area (Å²) < 4.78 is 0. The first-order chi connectivity index (χ1) is 9.36. The molecule has 0 N–H and O–H groups in total. The van der Waals surface area contributed by atoms with Gasteiger partial charge in [-0.3, -0.25) is 5.32 Å². The maximum absolute atomic E-state index is 4.93. The van der Waals surface area contributed by atoms with E-state index in [1.54, 1.807) is 0 Å². The van der Waals surface area contributed by atoms with Gasteiger partial charge in [-0.15, -0.1) is 0 Å². The van der Waals surface area contributed by atoms with E-state index in [9.17, 15) is 0 Å². The molecule has 0 bridgehead atoms. The summed E-state index contributed by atoms with van der Waals surface area (Å²) in [6.07, 6.45) is 10.0. The first-order valence-corrected chi connectivity index (χ1v) is 7.90. The molecule has 0 amide bonds. The summed E-state index contributed by atoms with van der Waals surface area (Å²) in [5.41, 5.74) is 2.66. The average Bonchev–Trinajstić information content (AvgIpc) is 2.79. The minimum Gasteiger partial charge on any atom is -0.257 e. The van der Waals surface area contributed by atoms with Crippen LogP contribution < -0.4 is 15.8 Å². The number of fused-ring (bicyclic) bond motifs is 1. The molecule has 1 nitrogen and oxygen atoms in total. The Morgan fingerprint density at radius 1 is 0.737 bits per heavy atom. The molecule has 1 aliphatic heterocycles. The molecule has 19 heavy (non-hydrogen) atoms. The number of benzene rings is 1. The van der Waals surface area contributed by atoms with Gasteiger partial charge in [0, 0.05) is 21.8 Å². The molecular weight excluding hydrogens is 230 g/mol. The van der Waals surface area contributed by atoms with E-state index in [0.29, 0.717) is 0 Å². The van der Waals surface area contributed by atoms with Crippen molar-refractivity contribution in [1.82, 2.24) is 5.32 Å². The molecule has 0 unspecified atom stereocenters. The van der Waals surface area contributed by atoms with Gasteiger partial charge in [0.05, 0.1) is 0 Å². The second kappa shape index (κ2) is 7.37. The van der Waals surface area contributed by atoms with Crippen LogP contribution in [-0.4, -0.2) is 0 Å². The molecule has 1 aromatic carbocycles. The molecule has 1 heteroatoms. The van der Waals surface area contributed by atoms with Gasteiger partial charge in [0.25, 0.3) is 0 Å². The maximum atomic E-state index is 4.93. The van der Waals surface area contributed by atoms with Crippen molar-refractivity contribution in [2.45, 2.75) is 65.2 Å². The maximum Gasteiger partial charge on any atom is 0.0486 e. The number of hydrogen-bond donors (Lipinski definition) is 0. The molecule has 0 saturated carbocycles. The Balaban J connectivity index is 2.15. The number of hydrogen-bond acceptors (Lipinski definition) is 0. The van der Waals surface area contributed by atoms with E-state index < -0.39 is 0 Å². The first-order valence-electron chi connectivity index (χ1n) is 7.90. The van der Waals surface area contributed by atoms with E-state index in [1.165, 1.54) is 60.4 Å². The van der Waals surface area contributed by atoms with Gasteiger partial charge in [0.2, 0.25) is 0 Å². The second-order valence-corrected chi connectivity index (χ2v) is 5.46. The lowest BCUT2D eigenvalue weighted by Gasteiger charge is -2.06. The van der Waals surface area contributed by atoms with Gasteiger partial charge in [0.1, 0.15) is 0 Å². The van der Waals surface area contributed by atoms with Gasteiger partial charge >= 0.3 is 0 Å². The van der Waals surface area contributed by atoms with Crippen LogP contribution in [0.15, 0.2) is 24.3 Å². The van der Waals surface area contributed by atoms with Gasteiger partial charge in [-0.05, 0) is 25.7 Å². The second-order valence-electron chi connectivity index (χ2n) is 5.46. The molecule has 103 valence electrons. The highest BCUT2D eigenvalue weighted by Crippen LogP contribution is 2.16. The van der Waals surface area contributed by atoms with Gasteiger partial charge in [-0.25, -0.2) is 0 Å². The molecule has 0 aromatic heterocycles. The smallest absolute Gasteiger partial charge is 0.0486 e. The minimum absolute atomic E-state index is 1.14. The monoisotopic (exact) mass is 256 g/mol. The highest BCUT2D eigenvalue weighted by Gasteiger charge is 2.13. The molecule has 1 aliphatic rings. The fourth-order valence-corrected chi connectivity index (χ4v) is 2.74. The van der Waals surface area contributed by atoms with E-state index in [1.807, 2.05) is 0 Å². The number of unbranched alkanes of at least 4 members (excludes halogenated alkanes) is 4. The van der Waals surface area contributed by atoms with E-state index >= 15 is 0 Å². The third kappa shape index (κ3) is 3.62. The lowest BCUT2D eigenvalue weighted by atomic mass is 10.1. The predicted octanol–water partition coefficient (Wildman–Crippen LogP) is 3.68. The van der Waals surface area contributed by atoms with Crippen molar-refractivity contribution in [2.75, 3.05) is 0 Å². The van der Waals surface area contributed by atoms with Crippen LogP contribution in [0.3, 0.4) is 0 Å². The highest BCUT2D eigenvalue weighted by molar-refractivity contribution is 5.63. The molecule has 0 spiro atoms. The molecule has 1 heterocycles. The molecule has 0 aliphatic carbocycles. The molecule has 0 saturated heterocycles. The van der Waals surface area contributed by atoms with Crippen molar-refractivity contribution in [3.63, 3.8) is 0 Å². The topological polar surface area (TPSA) is 14.1 Å². The Hall–Kier alpha value is -1.24. The van der Waals surface area contributed by atoms with Gasteiger partial charge in [-0.2, -0.15) is 0 Å². The van der Waals surface area contributed by atoms with Crippen molar-refractivity contribution in [2.24, 2.45) is 0 Å². The summed E-state index contributed by atoms with van der Waals surface area (Å²) in [6, 6.07) is 8.77. The summed E-state index contributed by atoms with van der Waals surface area (Å²) in [4.78, 5) is 0. The highest BCUT2D eigenvalue weighted by atomic mass is 14.9. The Morgan fingerprint density at radius 3 is 1.63 bits per heavy atom. The summed E-state index contributed by atoms with van der Waals surface area (Å²) in [7, 11) is 0. The van der Waals surface area contributed by atoms with Crippen molar-refractivity contribution in [1.29, 1.82) is 0 Å². The zero-order valence-electron chi connectivity index (χ0n) is 12.4. The van der Waals surface area contributed by atoms with Gasteiger partial charge in [-0.1, -0.05) is 63.8 Å². The fourth-order valence-electron chi connectivity index (χ4n) is 2.74. The average molecular weight is 256 g/mol. The Morgan fingerprint density at radius 2 is 1.21 bits per heavy atom. The van der Waals surface area contributed by atoms with Crippen LogP contribution in [0.2, 0.25) is 0 Å². The molecule has 1 aromatic rings. The number of nitrogens with zero attached hydrogens (tertiary/aromatic N) is 1. The Bertz CT molecular complexity index is 466. The quantitative estimate of drug-likeness (QED) is 0.630. The SMILES string of the molecule is CCCCCC1=c2ccccc2=C(CCCCC)[N]1. The first kappa shape index (κ1) is 14.2. The Kier molecular flexibility index (Phi) is 5.50.